The van der Waals surface area contributed by atoms with Crippen LogP contribution in [0, 0.1) is 22.7 Å². The van der Waals surface area contributed by atoms with Crippen LogP contribution < -0.4 is 0 Å². The summed E-state index contributed by atoms with van der Waals surface area (Å²) >= 11 is 0. The van der Waals surface area contributed by atoms with Crippen LogP contribution in [0.2, 0.25) is 0 Å². The van der Waals surface area contributed by atoms with Crippen LogP contribution in [0.5, 0.6) is 0 Å². The van der Waals surface area contributed by atoms with Gasteiger partial charge in [-0.15, -0.1) is 0 Å². The van der Waals surface area contributed by atoms with Gasteiger partial charge in [-0.3, -0.25) is 9.59 Å². The topological polar surface area (TPSA) is 43.4 Å². The number of hydrogen-bond acceptors (Lipinski definition) is 3. The van der Waals surface area contributed by atoms with Crippen molar-refractivity contribution in [3.8, 4) is 0 Å². The molecule has 72 valence electrons. The van der Waals surface area contributed by atoms with E-state index >= 15 is 0 Å². The Kier molecular flexibility index (Phi) is 0.868. The molecule has 2 bridgehead atoms. The summed E-state index contributed by atoms with van der Waals surface area (Å²) in [6.07, 6.45) is 6.91. The Labute approximate surface area is 81.1 Å². The van der Waals surface area contributed by atoms with Crippen LogP contribution in [0.3, 0.4) is 0 Å². The molecule has 0 aromatic rings. The van der Waals surface area contributed by atoms with E-state index in [0.29, 0.717) is 0 Å². The Morgan fingerprint density at radius 1 is 1.07 bits per heavy atom. The van der Waals surface area contributed by atoms with Crippen LogP contribution in [-0.2, 0) is 14.3 Å². The predicted molar refractivity (Wildman–Crippen MR) is 45.9 cm³/mol. The van der Waals surface area contributed by atoms with Gasteiger partial charge in [0.1, 0.15) is 0 Å². The maximum atomic E-state index is 11.8. The third-order valence-electron chi connectivity index (χ3n) is 4.97. The zero-order chi connectivity index (χ0) is 9.55. The first-order valence-corrected chi connectivity index (χ1v) is 5.17. The lowest BCUT2D eigenvalue weighted by atomic mass is 9.46. The van der Waals surface area contributed by atoms with Gasteiger partial charge < -0.3 is 4.74 Å². The van der Waals surface area contributed by atoms with Gasteiger partial charge in [-0.25, -0.2) is 0 Å². The molecule has 3 nitrogen and oxygen atoms in total. The smallest absolute Gasteiger partial charge is 0.321 e. The highest BCUT2D eigenvalue weighted by Gasteiger charge is 2.82. The van der Waals surface area contributed by atoms with Crippen molar-refractivity contribution in [1.82, 2.24) is 0 Å². The molecular weight excluding hydrogens is 180 g/mol. The van der Waals surface area contributed by atoms with Gasteiger partial charge in [-0.1, -0.05) is 12.2 Å². The van der Waals surface area contributed by atoms with Crippen molar-refractivity contribution in [2.45, 2.75) is 19.3 Å². The van der Waals surface area contributed by atoms with Crippen LogP contribution in [-0.4, -0.2) is 11.9 Å². The maximum Gasteiger partial charge on any atom is 0.321 e. The molecule has 0 aromatic heterocycles. The Hall–Kier alpha value is -1.12. The minimum Gasteiger partial charge on any atom is -0.392 e. The van der Waals surface area contributed by atoms with E-state index in [0.717, 1.165) is 19.3 Å². The zero-order valence-electron chi connectivity index (χ0n) is 7.66. The lowest BCUT2D eigenvalue weighted by molar-refractivity contribution is -0.156. The Morgan fingerprint density at radius 3 is 2.00 bits per heavy atom. The lowest BCUT2D eigenvalue weighted by Gasteiger charge is -2.50. The van der Waals surface area contributed by atoms with Crippen LogP contribution in [0.1, 0.15) is 19.3 Å². The SMILES string of the molecule is O=C1OC(=O)C23CCC12C1C=CC3C1. The standard InChI is InChI=1S/C11H10O3/c12-8-10-3-4-11(10,9(13)14-8)7-2-1-6(10)5-7/h1-2,6-7H,3-5H2. The highest BCUT2D eigenvalue weighted by Crippen LogP contribution is 2.77. The van der Waals surface area contributed by atoms with Crippen molar-refractivity contribution in [3.63, 3.8) is 0 Å². The highest BCUT2D eigenvalue weighted by molar-refractivity contribution is 6.05. The number of allylic oxidation sites excluding steroid dienone is 2. The number of hydrogen-bond donors (Lipinski definition) is 0. The molecule has 4 unspecified atom stereocenters. The van der Waals surface area contributed by atoms with E-state index in [1.165, 1.54) is 0 Å². The number of esters is 2. The fraction of sp³-hybridized carbons (Fsp3) is 0.636. The molecule has 2 saturated carbocycles. The van der Waals surface area contributed by atoms with E-state index in [-0.39, 0.29) is 23.8 Å². The molecule has 4 rings (SSSR count). The summed E-state index contributed by atoms with van der Waals surface area (Å²) in [7, 11) is 0. The summed E-state index contributed by atoms with van der Waals surface area (Å²) in [6.45, 7) is 0. The Bertz CT molecular complexity index is 375. The van der Waals surface area contributed by atoms with Crippen molar-refractivity contribution in [3.05, 3.63) is 12.2 Å². The van der Waals surface area contributed by atoms with Crippen LogP contribution in [0.15, 0.2) is 12.2 Å². The molecule has 0 amide bonds. The van der Waals surface area contributed by atoms with E-state index in [4.69, 9.17) is 4.74 Å². The van der Waals surface area contributed by atoms with Gasteiger partial charge >= 0.3 is 11.9 Å². The van der Waals surface area contributed by atoms with E-state index in [1.54, 1.807) is 0 Å². The molecule has 3 fully saturated rings. The molecule has 0 aromatic carbocycles. The van der Waals surface area contributed by atoms with Crippen molar-refractivity contribution >= 4 is 11.9 Å². The fourth-order valence-electron chi connectivity index (χ4n) is 4.26. The van der Waals surface area contributed by atoms with Crippen molar-refractivity contribution in [2.24, 2.45) is 22.7 Å². The van der Waals surface area contributed by atoms with Gasteiger partial charge in [0, 0.05) is 0 Å². The molecule has 14 heavy (non-hydrogen) atoms. The first-order valence-electron chi connectivity index (χ1n) is 5.17. The summed E-state index contributed by atoms with van der Waals surface area (Å²) in [4.78, 5) is 23.5. The molecule has 1 aliphatic heterocycles. The van der Waals surface area contributed by atoms with Crippen molar-refractivity contribution in [1.29, 1.82) is 0 Å². The summed E-state index contributed by atoms with van der Waals surface area (Å²) in [6, 6.07) is 0. The minimum atomic E-state index is -0.427. The van der Waals surface area contributed by atoms with Gasteiger partial charge in [-0.05, 0) is 31.1 Å². The van der Waals surface area contributed by atoms with E-state index < -0.39 is 10.8 Å². The molecule has 4 aliphatic rings. The monoisotopic (exact) mass is 190 g/mol. The quantitative estimate of drug-likeness (QED) is 0.325. The number of ether oxygens (including phenoxy) is 1. The maximum absolute atomic E-state index is 11.8. The molecule has 1 saturated heterocycles. The average Bonchev–Trinajstić information content (AvgIpc) is 2.61. The highest BCUT2D eigenvalue weighted by atomic mass is 16.6. The summed E-state index contributed by atoms with van der Waals surface area (Å²) in [5.74, 6) is 0.0663. The largest absolute Gasteiger partial charge is 0.392 e. The third-order valence-corrected chi connectivity index (χ3v) is 4.97. The van der Waals surface area contributed by atoms with E-state index in [2.05, 4.69) is 12.2 Å². The second kappa shape index (κ2) is 1.69. The van der Waals surface area contributed by atoms with E-state index in [9.17, 15) is 9.59 Å². The molecule has 0 N–H and O–H groups in total. The van der Waals surface area contributed by atoms with Gasteiger partial charge in [0.15, 0.2) is 0 Å². The number of cyclic esters (lactones) is 2. The van der Waals surface area contributed by atoms with Gasteiger partial charge in [0.25, 0.3) is 0 Å². The first kappa shape index (κ1) is 7.21. The summed E-state index contributed by atoms with van der Waals surface area (Å²) in [5, 5.41) is 0. The number of rotatable bonds is 0. The Balaban J connectivity index is 2.04. The summed E-state index contributed by atoms with van der Waals surface area (Å²) in [5.41, 5.74) is -0.854. The molecule has 0 radical (unpaired) electrons. The predicted octanol–water partition coefficient (Wildman–Crippen LogP) is 1.04. The third kappa shape index (κ3) is 0.395. The molecule has 1 heterocycles. The van der Waals surface area contributed by atoms with Gasteiger partial charge in [0.2, 0.25) is 0 Å². The second-order valence-corrected chi connectivity index (χ2v) is 4.95. The zero-order valence-corrected chi connectivity index (χ0v) is 7.66. The molecule has 0 spiro atoms. The van der Waals surface area contributed by atoms with Crippen molar-refractivity contribution < 1.29 is 14.3 Å². The average molecular weight is 190 g/mol. The normalized spacial score (nSPS) is 56.9. The summed E-state index contributed by atoms with van der Waals surface area (Å²) < 4.78 is 4.86. The molecule has 4 atom stereocenters. The molecule has 3 aliphatic carbocycles. The number of fused-ring (bicyclic) bond motifs is 2. The van der Waals surface area contributed by atoms with Gasteiger partial charge in [0.05, 0.1) is 10.8 Å². The molecule has 3 heteroatoms. The fourth-order valence-corrected chi connectivity index (χ4v) is 4.26. The lowest BCUT2D eigenvalue weighted by Crippen LogP contribution is -2.56. The van der Waals surface area contributed by atoms with Crippen LogP contribution in [0.25, 0.3) is 0 Å². The number of carbonyl (C=O) groups excluding carboxylic acids is 2. The molecular formula is C11H10O3. The van der Waals surface area contributed by atoms with Crippen molar-refractivity contribution in [2.75, 3.05) is 0 Å². The Morgan fingerprint density at radius 2 is 1.57 bits per heavy atom. The number of carbonyl (C=O) groups is 2. The second-order valence-electron chi connectivity index (χ2n) is 4.95. The van der Waals surface area contributed by atoms with E-state index in [1.807, 2.05) is 0 Å². The first-order chi connectivity index (χ1) is 6.72. The van der Waals surface area contributed by atoms with Gasteiger partial charge in [-0.2, -0.15) is 0 Å². The van der Waals surface area contributed by atoms with Crippen LogP contribution >= 0.6 is 0 Å². The minimum absolute atomic E-state index is 0.245. The van der Waals surface area contributed by atoms with Crippen LogP contribution in [0.4, 0.5) is 0 Å².